The minimum atomic E-state index is -0.839. The maximum absolute atomic E-state index is 10.8. The molecule has 0 fully saturated rings. The van der Waals surface area contributed by atoms with Crippen molar-refractivity contribution in [2.24, 2.45) is 5.92 Å². The molecule has 1 aromatic carbocycles. The molecule has 1 aliphatic carbocycles. The van der Waals surface area contributed by atoms with Crippen LogP contribution in [0.1, 0.15) is 29.3 Å². The first-order valence-corrected chi connectivity index (χ1v) is 9.74. The molecule has 0 saturated heterocycles. The summed E-state index contributed by atoms with van der Waals surface area (Å²) in [7, 11) is 0. The van der Waals surface area contributed by atoms with Crippen molar-refractivity contribution in [3.05, 3.63) is 45.6 Å². The summed E-state index contributed by atoms with van der Waals surface area (Å²) >= 11 is 7.85. The van der Waals surface area contributed by atoms with Crippen LogP contribution in [0.2, 0.25) is 5.28 Å². The van der Waals surface area contributed by atoms with Gasteiger partial charge in [0.15, 0.2) is 0 Å². The van der Waals surface area contributed by atoms with E-state index in [1.807, 2.05) is 12.1 Å². The average Bonchev–Trinajstić information content (AvgIpc) is 2.93. The highest BCUT2D eigenvalue weighted by molar-refractivity contribution is 7.19. The van der Waals surface area contributed by atoms with E-state index in [0.29, 0.717) is 5.92 Å². The molecule has 0 saturated carbocycles. The van der Waals surface area contributed by atoms with Gasteiger partial charge in [-0.2, -0.15) is 4.98 Å². The van der Waals surface area contributed by atoms with E-state index in [1.165, 1.54) is 16.9 Å². The molecule has 2 aromatic heterocycles. The first-order chi connectivity index (χ1) is 12.5. The highest BCUT2D eigenvalue weighted by atomic mass is 35.5. The summed E-state index contributed by atoms with van der Waals surface area (Å²) in [5.41, 5.74) is 2.94. The third-order valence-corrected chi connectivity index (χ3v) is 6.02. The number of thiophene rings is 1. The largest absolute Gasteiger partial charge is 0.481 e. The van der Waals surface area contributed by atoms with E-state index in [9.17, 15) is 4.79 Å². The molecule has 2 heterocycles. The number of anilines is 2. The van der Waals surface area contributed by atoms with Crippen LogP contribution >= 0.6 is 22.9 Å². The summed E-state index contributed by atoms with van der Waals surface area (Å²) in [6, 6.07) is 7.34. The van der Waals surface area contributed by atoms with Crippen molar-refractivity contribution in [1.29, 1.82) is 0 Å². The zero-order valence-electron chi connectivity index (χ0n) is 14.3. The number of aromatic nitrogens is 2. The fourth-order valence-corrected chi connectivity index (χ4v) is 5.03. The normalized spacial score (nSPS) is 16.5. The Morgan fingerprint density at radius 3 is 2.85 bits per heavy atom. The van der Waals surface area contributed by atoms with E-state index in [1.54, 1.807) is 23.5 Å². The predicted molar refractivity (Wildman–Crippen MR) is 105 cm³/mol. The number of rotatable bonds is 4. The monoisotopic (exact) mass is 387 g/mol. The standard InChI is InChI=1S/C19H18ClN3O2S/c1-10-2-7-13-14(8-10)26-18-16(13)17(22-19(20)23-18)21-12-5-3-11(4-6-12)9-15(24)25/h3-6,10H,2,7-9H2,1H3,(H,24,25)(H,21,22,23). The van der Waals surface area contributed by atoms with Crippen molar-refractivity contribution in [3.8, 4) is 0 Å². The van der Waals surface area contributed by atoms with Crippen molar-refractivity contribution < 1.29 is 9.90 Å². The molecule has 5 nitrogen and oxygen atoms in total. The molecule has 134 valence electrons. The Kier molecular flexibility index (Phi) is 4.54. The lowest BCUT2D eigenvalue weighted by Gasteiger charge is -2.18. The van der Waals surface area contributed by atoms with Gasteiger partial charge in [0.05, 0.1) is 11.8 Å². The van der Waals surface area contributed by atoms with E-state index in [4.69, 9.17) is 16.7 Å². The number of benzene rings is 1. The van der Waals surface area contributed by atoms with Crippen molar-refractivity contribution in [3.63, 3.8) is 0 Å². The van der Waals surface area contributed by atoms with Gasteiger partial charge in [-0.25, -0.2) is 4.98 Å². The molecule has 0 amide bonds. The molecular weight excluding hydrogens is 370 g/mol. The quantitative estimate of drug-likeness (QED) is 0.626. The Hall–Kier alpha value is -2.18. The van der Waals surface area contributed by atoms with Gasteiger partial charge in [0.2, 0.25) is 5.28 Å². The summed E-state index contributed by atoms with van der Waals surface area (Å²) in [6.45, 7) is 2.28. The predicted octanol–water partition coefficient (Wildman–Crippen LogP) is 4.84. The number of hydrogen-bond donors (Lipinski definition) is 2. The molecule has 7 heteroatoms. The highest BCUT2D eigenvalue weighted by Gasteiger charge is 2.23. The van der Waals surface area contributed by atoms with Crippen LogP contribution in [0, 0.1) is 5.92 Å². The molecule has 3 aromatic rings. The van der Waals surface area contributed by atoms with Gasteiger partial charge in [-0.3, -0.25) is 4.79 Å². The summed E-state index contributed by atoms with van der Waals surface area (Å²) in [5.74, 6) is 0.573. The fraction of sp³-hybridized carbons (Fsp3) is 0.316. The van der Waals surface area contributed by atoms with Crippen molar-refractivity contribution in [2.75, 3.05) is 5.32 Å². The number of carbonyl (C=O) groups is 1. The number of aryl methyl sites for hydroxylation is 1. The summed E-state index contributed by atoms with van der Waals surface area (Å²) in [6.07, 6.45) is 3.30. The van der Waals surface area contributed by atoms with Crippen LogP contribution in [0.5, 0.6) is 0 Å². The number of carboxylic acids is 1. The van der Waals surface area contributed by atoms with Crippen LogP contribution in [0.3, 0.4) is 0 Å². The molecule has 0 radical (unpaired) electrons. The molecule has 2 N–H and O–H groups in total. The summed E-state index contributed by atoms with van der Waals surface area (Å²) in [5, 5.41) is 13.5. The zero-order valence-corrected chi connectivity index (χ0v) is 15.8. The first kappa shape index (κ1) is 17.2. The van der Waals surface area contributed by atoms with Crippen LogP contribution < -0.4 is 5.32 Å². The molecule has 0 aliphatic heterocycles. The maximum Gasteiger partial charge on any atom is 0.307 e. The lowest BCUT2D eigenvalue weighted by molar-refractivity contribution is -0.136. The van der Waals surface area contributed by atoms with E-state index >= 15 is 0 Å². The van der Waals surface area contributed by atoms with Gasteiger partial charge in [0.1, 0.15) is 10.6 Å². The second-order valence-electron chi connectivity index (χ2n) is 6.77. The summed E-state index contributed by atoms with van der Waals surface area (Å²) < 4.78 is 0. The smallest absolute Gasteiger partial charge is 0.307 e. The Morgan fingerprint density at radius 1 is 1.35 bits per heavy atom. The maximum atomic E-state index is 10.8. The Balaban J connectivity index is 1.71. The lowest BCUT2D eigenvalue weighted by atomic mass is 9.89. The van der Waals surface area contributed by atoms with Crippen LogP contribution in [0.15, 0.2) is 24.3 Å². The van der Waals surface area contributed by atoms with E-state index in [-0.39, 0.29) is 11.7 Å². The number of nitrogens with one attached hydrogen (secondary N) is 1. The van der Waals surface area contributed by atoms with Crippen LogP contribution in [-0.4, -0.2) is 21.0 Å². The van der Waals surface area contributed by atoms with Gasteiger partial charge in [0, 0.05) is 10.6 Å². The first-order valence-electron chi connectivity index (χ1n) is 8.55. The molecule has 26 heavy (non-hydrogen) atoms. The zero-order chi connectivity index (χ0) is 18.3. The van der Waals surface area contributed by atoms with Crippen LogP contribution in [-0.2, 0) is 24.1 Å². The average molecular weight is 388 g/mol. The Labute approximate surface area is 160 Å². The topological polar surface area (TPSA) is 75.1 Å². The number of fused-ring (bicyclic) bond motifs is 3. The van der Waals surface area contributed by atoms with Gasteiger partial charge >= 0.3 is 5.97 Å². The molecule has 1 atom stereocenters. The Morgan fingerprint density at radius 2 is 2.12 bits per heavy atom. The van der Waals surface area contributed by atoms with Crippen LogP contribution in [0.4, 0.5) is 11.5 Å². The number of carboxylic acid groups (broad SMARTS) is 1. The van der Waals surface area contributed by atoms with Gasteiger partial charge in [-0.15, -0.1) is 11.3 Å². The molecule has 4 rings (SSSR count). The number of aliphatic carboxylic acids is 1. The van der Waals surface area contributed by atoms with Gasteiger partial charge in [-0.1, -0.05) is 19.1 Å². The van der Waals surface area contributed by atoms with E-state index in [2.05, 4.69) is 22.2 Å². The third kappa shape index (κ3) is 3.39. The highest BCUT2D eigenvalue weighted by Crippen LogP contribution is 2.41. The molecule has 0 bridgehead atoms. The second-order valence-corrected chi connectivity index (χ2v) is 8.19. The molecule has 0 spiro atoms. The van der Waals surface area contributed by atoms with Gasteiger partial charge < -0.3 is 10.4 Å². The fourth-order valence-electron chi connectivity index (χ4n) is 3.42. The van der Waals surface area contributed by atoms with Gasteiger partial charge in [0.25, 0.3) is 0 Å². The Bertz CT molecular complexity index is 985. The minimum Gasteiger partial charge on any atom is -0.481 e. The minimum absolute atomic E-state index is 0.0140. The van der Waals surface area contributed by atoms with Crippen LogP contribution in [0.25, 0.3) is 10.2 Å². The number of halogens is 1. The third-order valence-electron chi connectivity index (χ3n) is 4.70. The van der Waals surface area contributed by atoms with E-state index in [0.717, 1.165) is 40.1 Å². The SMILES string of the molecule is CC1CCc2c(sc3nc(Cl)nc(Nc4ccc(CC(=O)O)cc4)c23)C1. The van der Waals surface area contributed by atoms with E-state index < -0.39 is 5.97 Å². The molecule has 1 aliphatic rings. The van der Waals surface area contributed by atoms with Crippen molar-refractivity contribution in [1.82, 2.24) is 9.97 Å². The molecular formula is C19H18ClN3O2S. The second kappa shape index (κ2) is 6.85. The number of hydrogen-bond acceptors (Lipinski definition) is 5. The summed E-state index contributed by atoms with van der Waals surface area (Å²) in [4.78, 5) is 22.0. The van der Waals surface area contributed by atoms with Gasteiger partial charge in [-0.05, 0) is 60.0 Å². The van der Waals surface area contributed by atoms with Crippen molar-refractivity contribution >= 4 is 50.6 Å². The lowest BCUT2D eigenvalue weighted by Crippen LogP contribution is -2.09. The van der Waals surface area contributed by atoms with Crippen molar-refractivity contribution in [2.45, 2.75) is 32.6 Å². The number of nitrogens with zero attached hydrogens (tertiary/aromatic N) is 2. The molecule has 1 unspecified atom stereocenters.